The lowest BCUT2D eigenvalue weighted by Gasteiger charge is -2.24. The van der Waals surface area contributed by atoms with Crippen LogP contribution in [0.3, 0.4) is 0 Å². The monoisotopic (exact) mass is 484 g/mol. The molecule has 10 heteroatoms. The molecule has 0 spiro atoms. The lowest BCUT2D eigenvalue weighted by Crippen LogP contribution is -3.12. The maximum Gasteiger partial charge on any atom is 0.453 e. The van der Waals surface area contributed by atoms with Crippen molar-refractivity contribution in [2.24, 2.45) is 0 Å². The normalized spacial score (nSPS) is 15.2. The maximum absolute atomic E-state index is 14.0. The zero-order chi connectivity index (χ0) is 23.9. The van der Waals surface area contributed by atoms with Crippen molar-refractivity contribution in [2.75, 3.05) is 26.3 Å². The minimum absolute atomic E-state index is 0.0308. The quantitative estimate of drug-likeness (QED) is 0.586. The van der Waals surface area contributed by atoms with Crippen molar-refractivity contribution >= 4 is 22.6 Å². The fourth-order valence-corrected chi connectivity index (χ4v) is 4.02. The van der Waals surface area contributed by atoms with Gasteiger partial charge in [0.25, 0.3) is 5.76 Å². The standard InChI is InChI=1S/C23H21ClF3NO5/c1-12-9-14(10-13(2)18(12)24)32-21-19(30)15-3-4-17(29)16(11-28-5-7-31-8-6-28)20(15)33-22(21)23(25,26)27/h3-4,9-10,29H,5-8,11H2,1-2H3/p+1. The second-order valence-corrected chi connectivity index (χ2v) is 8.42. The maximum atomic E-state index is 14.0. The van der Waals surface area contributed by atoms with Gasteiger partial charge in [0.15, 0.2) is 5.58 Å². The Morgan fingerprint density at radius 2 is 1.79 bits per heavy atom. The third-order valence-corrected chi connectivity index (χ3v) is 6.21. The van der Waals surface area contributed by atoms with Crippen LogP contribution in [0.2, 0.25) is 5.02 Å². The topological polar surface area (TPSA) is 73.3 Å². The van der Waals surface area contributed by atoms with Gasteiger partial charge < -0.3 is 23.9 Å². The summed E-state index contributed by atoms with van der Waals surface area (Å²) < 4.78 is 57.9. The van der Waals surface area contributed by atoms with Crippen molar-refractivity contribution in [3.63, 3.8) is 0 Å². The molecule has 2 N–H and O–H groups in total. The van der Waals surface area contributed by atoms with Gasteiger partial charge in [-0.05, 0) is 49.2 Å². The zero-order valence-corrected chi connectivity index (χ0v) is 18.7. The highest BCUT2D eigenvalue weighted by Crippen LogP contribution is 2.40. The minimum Gasteiger partial charge on any atom is -0.507 e. The molecule has 0 radical (unpaired) electrons. The van der Waals surface area contributed by atoms with E-state index in [1.54, 1.807) is 13.8 Å². The number of hydrogen-bond acceptors (Lipinski definition) is 5. The number of alkyl halides is 3. The summed E-state index contributed by atoms with van der Waals surface area (Å²) in [7, 11) is 0. The van der Waals surface area contributed by atoms with Crippen LogP contribution in [-0.4, -0.2) is 31.4 Å². The molecule has 1 aromatic heterocycles. The van der Waals surface area contributed by atoms with Crippen LogP contribution >= 0.6 is 11.6 Å². The summed E-state index contributed by atoms with van der Waals surface area (Å²) in [5, 5.41) is 10.7. The van der Waals surface area contributed by atoms with Gasteiger partial charge >= 0.3 is 6.18 Å². The number of benzene rings is 2. The first-order chi connectivity index (χ1) is 15.6. The molecule has 0 saturated carbocycles. The average Bonchev–Trinajstić information content (AvgIpc) is 2.75. The molecular weight excluding hydrogens is 463 g/mol. The van der Waals surface area contributed by atoms with Gasteiger partial charge in [0.1, 0.15) is 31.1 Å². The fourth-order valence-electron chi connectivity index (χ4n) is 3.91. The molecule has 2 heterocycles. The van der Waals surface area contributed by atoms with E-state index in [0.717, 1.165) is 4.90 Å². The van der Waals surface area contributed by atoms with E-state index in [1.165, 1.54) is 24.3 Å². The lowest BCUT2D eigenvalue weighted by molar-refractivity contribution is -0.921. The number of rotatable bonds is 4. The first-order valence-electron chi connectivity index (χ1n) is 10.3. The van der Waals surface area contributed by atoms with Gasteiger partial charge in [0.05, 0.1) is 24.2 Å². The molecule has 6 nitrogen and oxygen atoms in total. The second kappa shape index (κ2) is 8.89. The molecule has 2 aromatic carbocycles. The highest BCUT2D eigenvalue weighted by Gasteiger charge is 2.41. The van der Waals surface area contributed by atoms with Gasteiger partial charge in [-0.3, -0.25) is 4.79 Å². The van der Waals surface area contributed by atoms with E-state index >= 15 is 0 Å². The van der Waals surface area contributed by atoms with Gasteiger partial charge in [-0.2, -0.15) is 13.2 Å². The first-order valence-corrected chi connectivity index (χ1v) is 10.7. The number of ether oxygens (including phenoxy) is 2. The average molecular weight is 485 g/mol. The van der Waals surface area contributed by atoms with E-state index < -0.39 is 23.1 Å². The van der Waals surface area contributed by atoms with E-state index in [9.17, 15) is 23.1 Å². The largest absolute Gasteiger partial charge is 0.507 e. The first kappa shape index (κ1) is 23.4. The van der Waals surface area contributed by atoms with E-state index in [1.807, 2.05) is 0 Å². The molecule has 1 aliphatic rings. The number of quaternary nitrogens is 1. The van der Waals surface area contributed by atoms with E-state index in [-0.39, 0.29) is 34.6 Å². The number of morpholine rings is 1. The van der Waals surface area contributed by atoms with E-state index in [0.29, 0.717) is 42.5 Å². The number of fused-ring (bicyclic) bond motifs is 1. The summed E-state index contributed by atoms with van der Waals surface area (Å²) in [6.45, 7) is 5.76. The number of halogens is 4. The summed E-state index contributed by atoms with van der Waals surface area (Å²) in [5.74, 6) is -2.74. The third kappa shape index (κ3) is 4.66. The Kier molecular flexibility index (Phi) is 6.30. The molecular formula is C23H22ClF3NO5+. The van der Waals surface area contributed by atoms with Crippen LogP contribution in [0.4, 0.5) is 13.2 Å². The van der Waals surface area contributed by atoms with Crippen molar-refractivity contribution in [3.8, 4) is 17.2 Å². The molecule has 0 bridgehead atoms. The van der Waals surface area contributed by atoms with Gasteiger partial charge in [0.2, 0.25) is 11.2 Å². The lowest BCUT2D eigenvalue weighted by atomic mass is 10.1. The molecule has 0 aliphatic carbocycles. The van der Waals surface area contributed by atoms with E-state index in [4.69, 9.17) is 25.5 Å². The molecule has 0 unspecified atom stereocenters. The number of aryl methyl sites for hydroxylation is 2. The summed E-state index contributed by atoms with van der Waals surface area (Å²) >= 11 is 6.13. The van der Waals surface area contributed by atoms with E-state index in [2.05, 4.69) is 0 Å². The number of hydrogen-bond donors (Lipinski definition) is 2. The molecule has 0 atom stereocenters. The fraction of sp³-hybridized carbons (Fsp3) is 0.348. The Balaban J connectivity index is 1.88. The van der Waals surface area contributed by atoms with Gasteiger partial charge in [-0.1, -0.05) is 11.6 Å². The highest BCUT2D eigenvalue weighted by molar-refractivity contribution is 6.32. The van der Waals surface area contributed by atoms with Crippen LogP contribution in [-0.2, 0) is 17.5 Å². The predicted octanol–water partition coefficient (Wildman–Crippen LogP) is 4.00. The number of aromatic hydroxyl groups is 1. The van der Waals surface area contributed by atoms with Crippen molar-refractivity contribution in [2.45, 2.75) is 26.6 Å². The third-order valence-electron chi connectivity index (χ3n) is 5.61. The molecule has 4 rings (SSSR count). The smallest absolute Gasteiger partial charge is 0.453 e. The molecule has 176 valence electrons. The molecule has 0 amide bonds. The summed E-state index contributed by atoms with van der Waals surface area (Å²) in [4.78, 5) is 14.2. The van der Waals surface area contributed by atoms with Gasteiger partial charge in [0, 0.05) is 5.02 Å². The molecule has 1 aliphatic heterocycles. The minimum atomic E-state index is -5.01. The zero-order valence-electron chi connectivity index (χ0n) is 17.9. The molecule has 3 aromatic rings. The second-order valence-electron chi connectivity index (χ2n) is 8.04. The van der Waals surface area contributed by atoms with Gasteiger partial charge in [-0.25, -0.2) is 0 Å². The van der Waals surface area contributed by atoms with Crippen LogP contribution in [0.1, 0.15) is 22.5 Å². The van der Waals surface area contributed by atoms with Crippen molar-refractivity contribution < 1.29 is 37.1 Å². The number of phenolic OH excluding ortho intramolecular Hbond substituents is 1. The highest BCUT2D eigenvalue weighted by atomic mass is 35.5. The Bertz CT molecular complexity index is 1240. The number of nitrogens with one attached hydrogen (secondary N) is 1. The molecule has 33 heavy (non-hydrogen) atoms. The van der Waals surface area contributed by atoms with Crippen LogP contribution < -0.4 is 15.1 Å². The Morgan fingerprint density at radius 1 is 1.15 bits per heavy atom. The summed E-state index contributed by atoms with van der Waals surface area (Å²) in [6.07, 6.45) is -5.01. The van der Waals surface area contributed by atoms with Crippen molar-refractivity contribution in [1.82, 2.24) is 0 Å². The Labute approximate surface area is 192 Å². The summed E-state index contributed by atoms with van der Waals surface area (Å²) in [6, 6.07) is 5.41. The molecule has 1 saturated heterocycles. The molecule has 1 fully saturated rings. The van der Waals surface area contributed by atoms with Gasteiger partial charge in [-0.15, -0.1) is 0 Å². The number of phenols is 1. The SMILES string of the molecule is Cc1cc(Oc2c(C(F)(F)F)oc3c(C[NH+]4CCOCC4)c(O)ccc3c2=O)cc(C)c1Cl. The van der Waals surface area contributed by atoms with Crippen LogP contribution in [0.25, 0.3) is 11.0 Å². The van der Waals surface area contributed by atoms with Crippen LogP contribution in [0, 0.1) is 13.8 Å². The predicted molar refractivity (Wildman–Crippen MR) is 115 cm³/mol. The Morgan fingerprint density at radius 3 is 2.39 bits per heavy atom. The van der Waals surface area contributed by atoms with Crippen LogP contribution in [0.5, 0.6) is 17.2 Å². The van der Waals surface area contributed by atoms with Crippen molar-refractivity contribution in [1.29, 1.82) is 0 Å². The summed E-state index contributed by atoms with van der Waals surface area (Å²) in [5.41, 5.74) is 0.0307. The van der Waals surface area contributed by atoms with Crippen molar-refractivity contribution in [3.05, 3.63) is 62.0 Å². The van der Waals surface area contributed by atoms with Crippen LogP contribution in [0.15, 0.2) is 33.5 Å². The Hall–Kier alpha value is -2.75.